The first-order valence-corrected chi connectivity index (χ1v) is 8.78. The minimum absolute atomic E-state index is 0. The number of likely N-dealkylation sites (N-methyl/N-ethyl adjacent to an activating group) is 1. The maximum Gasteiger partial charge on any atom is 0.191 e. The van der Waals surface area contributed by atoms with Crippen molar-refractivity contribution in [1.29, 1.82) is 0 Å². The van der Waals surface area contributed by atoms with Crippen molar-refractivity contribution in [2.45, 2.75) is 32.7 Å². The lowest BCUT2D eigenvalue weighted by molar-refractivity contribution is 0.180. The molecular weight excluding hydrogens is 433 g/mol. The molecule has 0 saturated heterocycles. The van der Waals surface area contributed by atoms with Crippen molar-refractivity contribution >= 4 is 29.9 Å². The topological polar surface area (TPSA) is 79.6 Å². The van der Waals surface area contributed by atoms with Gasteiger partial charge in [0.2, 0.25) is 0 Å². The highest BCUT2D eigenvalue weighted by molar-refractivity contribution is 14.0. The van der Waals surface area contributed by atoms with Crippen LogP contribution in [0.25, 0.3) is 0 Å². The molecule has 0 aromatic carbocycles. The van der Waals surface area contributed by atoms with Gasteiger partial charge in [-0.1, -0.05) is 0 Å². The molecule has 0 aliphatic carbocycles. The van der Waals surface area contributed by atoms with Gasteiger partial charge in [0.25, 0.3) is 0 Å². The lowest BCUT2D eigenvalue weighted by Gasteiger charge is -2.18. The molecule has 9 heteroatoms. The molecule has 0 bridgehead atoms. The quantitative estimate of drug-likeness (QED) is 0.197. The number of guanidine groups is 1. The Bertz CT molecular complexity index is 428. The summed E-state index contributed by atoms with van der Waals surface area (Å²) in [4.78, 5) is 6.92. The minimum Gasteiger partial charge on any atom is -0.385 e. The van der Waals surface area contributed by atoms with Gasteiger partial charge < -0.3 is 24.8 Å². The second kappa shape index (κ2) is 16.5. The van der Waals surface area contributed by atoms with Gasteiger partial charge >= 0.3 is 0 Å². The van der Waals surface area contributed by atoms with Crippen molar-refractivity contribution in [2.75, 3.05) is 53.5 Å². The number of nitrogens with zero attached hydrogens (tertiary/aromatic N) is 5. The first-order valence-electron chi connectivity index (χ1n) is 8.78. The number of nitrogens with one attached hydrogen (secondary N) is 2. The predicted molar refractivity (Wildman–Crippen MR) is 113 cm³/mol. The van der Waals surface area contributed by atoms with Gasteiger partial charge in [-0.25, -0.2) is 0 Å². The van der Waals surface area contributed by atoms with Gasteiger partial charge in [0.1, 0.15) is 12.7 Å². The van der Waals surface area contributed by atoms with Gasteiger partial charge in [-0.05, 0) is 33.2 Å². The van der Waals surface area contributed by atoms with Crippen LogP contribution in [0.15, 0.2) is 17.6 Å². The van der Waals surface area contributed by atoms with E-state index in [1.807, 2.05) is 4.57 Å². The highest BCUT2D eigenvalue weighted by atomic mass is 127. The van der Waals surface area contributed by atoms with Crippen molar-refractivity contribution < 1.29 is 4.74 Å². The summed E-state index contributed by atoms with van der Waals surface area (Å²) in [5.74, 6) is 0.895. The highest BCUT2D eigenvalue weighted by Gasteiger charge is 2.00. The van der Waals surface area contributed by atoms with E-state index in [1.165, 1.54) is 0 Å². The van der Waals surface area contributed by atoms with Gasteiger partial charge in [0.15, 0.2) is 5.96 Å². The number of aryl methyl sites for hydroxylation is 1. The molecule has 146 valence electrons. The lowest BCUT2D eigenvalue weighted by Crippen LogP contribution is -2.41. The van der Waals surface area contributed by atoms with Crippen LogP contribution in [0, 0.1) is 0 Å². The molecule has 0 unspecified atom stereocenters. The number of aliphatic imine (C=N–C) groups is 1. The molecule has 0 atom stereocenters. The number of halogens is 1. The smallest absolute Gasteiger partial charge is 0.191 e. The Morgan fingerprint density at radius 2 is 1.92 bits per heavy atom. The summed E-state index contributed by atoms with van der Waals surface area (Å²) in [6.07, 6.45) is 6.68. The van der Waals surface area contributed by atoms with E-state index in [1.54, 1.807) is 19.8 Å². The fraction of sp³-hybridized carbons (Fsp3) is 0.812. The zero-order valence-corrected chi connectivity index (χ0v) is 18.1. The summed E-state index contributed by atoms with van der Waals surface area (Å²) in [5, 5.41) is 14.3. The van der Waals surface area contributed by atoms with Crippen molar-refractivity contribution in [1.82, 2.24) is 30.3 Å². The molecule has 0 saturated carbocycles. The Balaban J connectivity index is 0.00000576. The molecule has 8 nitrogen and oxygen atoms in total. The molecule has 0 spiro atoms. The fourth-order valence-corrected chi connectivity index (χ4v) is 2.23. The average Bonchev–Trinajstić information content (AvgIpc) is 3.08. The number of ether oxygens (including phenoxy) is 1. The van der Waals surface area contributed by atoms with Crippen LogP contribution in [0.2, 0.25) is 0 Å². The van der Waals surface area contributed by atoms with E-state index in [4.69, 9.17) is 4.74 Å². The Morgan fingerprint density at radius 1 is 1.16 bits per heavy atom. The van der Waals surface area contributed by atoms with E-state index in [2.05, 4.69) is 44.7 Å². The van der Waals surface area contributed by atoms with E-state index in [9.17, 15) is 0 Å². The summed E-state index contributed by atoms with van der Waals surface area (Å²) in [7, 11) is 3.87. The van der Waals surface area contributed by atoms with Crippen LogP contribution in [0.1, 0.15) is 26.2 Å². The molecule has 1 aromatic rings. The molecule has 1 heterocycles. The van der Waals surface area contributed by atoms with Crippen LogP contribution < -0.4 is 10.6 Å². The molecule has 1 aromatic heterocycles. The normalized spacial score (nSPS) is 11.4. The summed E-state index contributed by atoms with van der Waals surface area (Å²) in [6.45, 7) is 8.46. The molecule has 0 aliphatic heterocycles. The van der Waals surface area contributed by atoms with E-state index in [0.717, 1.165) is 71.1 Å². The maximum atomic E-state index is 5.07. The molecule has 2 N–H and O–H groups in total. The van der Waals surface area contributed by atoms with Crippen molar-refractivity contribution in [3.05, 3.63) is 12.7 Å². The van der Waals surface area contributed by atoms with Crippen LogP contribution in [0.5, 0.6) is 0 Å². The highest BCUT2D eigenvalue weighted by Crippen LogP contribution is 1.94. The third-order valence-corrected chi connectivity index (χ3v) is 3.58. The maximum absolute atomic E-state index is 5.07. The van der Waals surface area contributed by atoms with Crippen LogP contribution in [0.3, 0.4) is 0 Å². The number of unbranched alkanes of at least 4 members (excludes halogenated alkanes) is 1. The lowest BCUT2D eigenvalue weighted by atomic mass is 10.3. The molecule has 0 fully saturated rings. The van der Waals surface area contributed by atoms with Gasteiger partial charge in [0.05, 0.1) is 0 Å². The van der Waals surface area contributed by atoms with Gasteiger partial charge in [-0.2, -0.15) is 0 Å². The number of methoxy groups -OCH3 is 1. The molecule has 0 amide bonds. The van der Waals surface area contributed by atoms with Gasteiger partial charge in [-0.15, -0.1) is 34.2 Å². The van der Waals surface area contributed by atoms with E-state index >= 15 is 0 Å². The van der Waals surface area contributed by atoms with Gasteiger partial charge in [0, 0.05) is 53.0 Å². The largest absolute Gasteiger partial charge is 0.385 e. The minimum atomic E-state index is 0. The second-order valence-electron chi connectivity index (χ2n) is 5.74. The van der Waals surface area contributed by atoms with Crippen molar-refractivity contribution in [3.8, 4) is 0 Å². The number of aromatic nitrogens is 3. The summed E-state index contributed by atoms with van der Waals surface area (Å²) >= 11 is 0. The third kappa shape index (κ3) is 13.0. The Labute approximate surface area is 168 Å². The Hall–Kier alpha value is -0.940. The zero-order valence-electron chi connectivity index (χ0n) is 15.8. The molecular formula is C16H34IN7O. The summed E-state index contributed by atoms with van der Waals surface area (Å²) in [5.41, 5.74) is 0. The second-order valence-corrected chi connectivity index (χ2v) is 5.74. The molecule has 0 radical (unpaired) electrons. The number of hydrogen-bond donors (Lipinski definition) is 2. The van der Waals surface area contributed by atoms with Gasteiger partial charge in [-0.3, -0.25) is 4.99 Å². The van der Waals surface area contributed by atoms with Crippen LogP contribution in [-0.4, -0.2) is 79.1 Å². The number of rotatable bonds is 13. The standard InChI is InChI=1S/C16H33N7O.HI/c1-4-17-16(19-9-12-22(2)10-7-13-24-3)18-8-5-6-11-23-14-20-21-15-23;/h14-15H,4-13H2,1-3H3,(H2,17,18,19);1H. The number of hydrogen-bond acceptors (Lipinski definition) is 5. The van der Waals surface area contributed by atoms with E-state index < -0.39 is 0 Å². The first-order chi connectivity index (χ1) is 11.8. The van der Waals surface area contributed by atoms with Crippen LogP contribution in [-0.2, 0) is 11.3 Å². The Kier molecular flexibility index (Phi) is 15.9. The summed E-state index contributed by atoms with van der Waals surface area (Å²) in [6, 6.07) is 0. The molecule has 0 aliphatic rings. The van der Waals surface area contributed by atoms with E-state index in [0.29, 0.717) is 0 Å². The molecule has 1 rings (SSSR count). The van der Waals surface area contributed by atoms with Crippen molar-refractivity contribution in [3.63, 3.8) is 0 Å². The predicted octanol–water partition coefficient (Wildman–Crippen LogP) is 1.20. The SMILES string of the molecule is CCNC(=NCCCCn1cnnc1)NCCN(C)CCCOC.I. The summed E-state index contributed by atoms with van der Waals surface area (Å²) < 4.78 is 7.07. The van der Waals surface area contributed by atoms with Crippen LogP contribution >= 0.6 is 24.0 Å². The zero-order chi connectivity index (χ0) is 17.5. The van der Waals surface area contributed by atoms with E-state index in [-0.39, 0.29) is 24.0 Å². The monoisotopic (exact) mass is 467 g/mol. The first kappa shape index (κ1) is 24.1. The average molecular weight is 467 g/mol. The van der Waals surface area contributed by atoms with Crippen molar-refractivity contribution in [2.24, 2.45) is 4.99 Å². The fourth-order valence-electron chi connectivity index (χ4n) is 2.23. The van der Waals surface area contributed by atoms with Crippen LogP contribution in [0.4, 0.5) is 0 Å². The Morgan fingerprint density at radius 3 is 2.60 bits per heavy atom. The molecule has 25 heavy (non-hydrogen) atoms. The third-order valence-electron chi connectivity index (χ3n) is 3.58.